The number of aromatic nitrogens is 2. The third kappa shape index (κ3) is 2.85. The Morgan fingerprint density at radius 1 is 1.53 bits per heavy atom. The minimum atomic E-state index is -0.0858. The minimum Gasteiger partial charge on any atom is -0.480 e. The average Bonchev–Trinajstić information content (AvgIpc) is 2.74. The van der Waals surface area contributed by atoms with Crippen molar-refractivity contribution in [2.45, 2.75) is 38.3 Å². The van der Waals surface area contributed by atoms with Crippen LogP contribution in [0.2, 0.25) is 0 Å². The number of nitrogens with two attached hydrogens (primary N) is 1. The van der Waals surface area contributed by atoms with E-state index in [1.165, 1.54) is 23.6 Å². The molecule has 5 nitrogen and oxygen atoms in total. The van der Waals surface area contributed by atoms with Gasteiger partial charge in [-0.05, 0) is 25.2 Å². The first kappa shape index (κ1) is 12.1. The first-order valence-electron chi connectivity index (χ1n) is 6.08. The third-order valence-electron chi connectivity index (χ3n) is 3.48. The summed E-state index contributed by atoms with van der Waals surface area (Å²) in [5.74, 6) is 0.996. The van der Waals surface area contributed by atoms with Crippen molar-refractivity contribution in [1.82, 2.24) is 9.78 Å². The van der Waals surface area contributed by atoms with E-state index in [0.717, 1.165) is 12.8 Å². The molecule has 2 atom stereocenters. The molecule has 5 heteroatoms. The fourth-order valence-electron chi connectivity index (χ4n) is 2.41. The first-order valence-corrected chi connectivity index (χ1v) is 6.08. The van der Waals surface area contributed by atoms with E-state index in [4.69, 9.17) is 10.5 Å². The monoisotopic (exact) mass is 237 g/mol. The predicted octanol–water partition coefficient (Wildman–Crippen LogP) is 0.769. The topological polar surface area (TPSA) is 70.1 Å². The van der Waals surface area contributed by atoms with Crippen molar-refractivity contribution in [2.75, 3.05) is 7.11 Å². The Morgan fingerprint density at radius 2 is 2.35 bits per heavy atom. The molecule has 0 aromatic carbocycles. The highest BCUT2D eigenvalue weighted by atomic mass is 16.5. The molecule has 1 aliphatic rings. The minimum absolute atomic E-state index is 0.0858. The van der Waals surface area contributed by atoms with Crippen molar-refractivity contribution >= 4 is 0 Å². The van der Waals surface area contributed by atoms with E-state index in [-0.39, 0.29) is 11.6 Å². The summed E-state index contributed by atoms with van der Waals surface area (Å²) in [5, 5.41) is 4.12. The molecule has 0 saturated heterocycles. The summed E-state index contributed by atoms with van der Waals surface area (Å²) >= 11 is 0. The molecule has 2 rings (SSSR count). The summed E-state index contributed by atoms with van der Waals surface area (Å²) in [6.07, 6.45) is 4.39. The van der Waals surface area contributed by atoms with Crippen molar-refractivity contribution in [1.29, 1.82) is 0 Å². The van der Waals surface area contributed by atoms with E-state index in [1.54, 1.807) is 13.2 Å². The maximum absolute atomic E-state index is 11.6. The lowest BCUT2D eigenvalue weighted by atomic mass is 10.0. The number of hydrogen-bond acceptors (Lipinski definition) is 4. The van der Waals surface area contributed by atoms with Crippen molar-refractivity contribution in [3.8, 4) is 5.88 Å². The SMILES string of the molecule is COc1ccc(=O)n(CCC2CCCC2N)n1. The first-order chi connectivity index (χ1) is 8.20. The molecule has 0 spiro atoms. The van der Waals surface area contributed by atoms with Crippen LogP contribution in [0.5, 0.6) is 5.88 Å². The zero-order valence-electron chi connectivity index (χ0n) is 10.1. The summed E-state index contributed by atoms with van der Waals surface area (Å²) in [6.45, 7) is 0.619. The number of ether oxygens (including phenoxy) is 1. The van der Waals surface area contributed by atoms with Gasteiger partial charge in [0.1, 0.15) is 0 Å². The Hall–Kier alpha value is -1.36. The van der Waals surface area contributed by atoms with Crippen LogP contribution in [-0.4, -0.2) is 22.9 Å². The molecule has 1 saturated carbocycles. The van der Waals surface area contributed by atoms with E-state index in [2.05, 4.69) is 5.10 Å². The van der Waals surface area contributed by atoms with E-state index in [0.29, 0.717) is 18.3 Å². The maximum atomic E-state index is 11.6. The van der Waals surface area contributed by atoms with Gasteiger partial charge in [-0.2, -0.15) is 0 Å². The molecule has 1 heterocycles. The number of aryl methyl sites for hydroxylation is 1. The van der Waals surface area contributed by atoms with Crippen LogP contribution in [0.25, 0.3) is 0 Å². The number of nitrogens with zero attached hydrogens (tertiary/aromatic N) is 2. The molecule has 0 aliphatic heterocycles. The quantitative estimate of drug-likeness (QED) is 0.839. The van der Waals surface area contributed by atoms with Crippen LogP contribution in [0.15, 0.2) is 16.9 Å². The Bertz CT molecular complexity index is 430. The van der Waals surface area contributed by atoms with Gasteiger partial charge in [0.15, 0.2) is 0 Å². The number of hydrogen-bond donors (Lipinski definition) is 1. The Kier molecular flexibility index (Phi) is 3.78. The molecule has 1 fully saturated rings. The van der Waals surface area contributed by atoms with Crippen LogP contribution in [0.4, 0.5) is 0 Å². The van der Waals surface area contributed by atoms with Gasteiger partial charge in [0.2, 0.25) is 5.88 Å². The molecule has 2 N–H and O–H groups in total. The van der Waals surface area contributed by atoms with Gasteiger partial charge in [-0.15, -0.1) is 5.10 Å². The molecule has 1 aliphatic carbocycles. The molecule has 0 radical (unpaired) electrons. The largest absolute Gasteiger partial charge is 0.480 e. The van der Waals surface area contributed by atoms with Crippen LogP contribution in [0, 0.1) is 5.92 Å². The Labute approximate surface area is 101 Å². The van der Waals surface area contributed by atoms with Crippen LogP contribution in [0.3, 0.4) is 0 Å². The van der Waals surface area contributed by atoms with Crippen LogP contribution < -0.4 is 16.0 Å². The van der Waals surface area contributed by atoms with Crippen molar-refractivity contribution in [2.24, 2.45) is 11.7 Å². The molecule has 2 unspecified atom stereocenters. The van der Waals surface area contributed by atoms with Gasteiger partial charge >= 0.3 is 0 Å². The Morgan fingerprint density at radius 3 is 3.00 bits per heavy atom. The molecular formula is C12H19N3O2. The molecule has 0 amide bonds. The fraction of sp³-hybridized carbons (Fsp3) is 0.667. The van der Waals surface area contributed by atoms with E-state index in [1.807, 2.05) is 0 Å². The highest BCUT2D eigenvalue weighted by molar-refractivity contribution is 5.05. The zero-order chi connectivity index (χ0) is 12.3. The standard InChI is InChI=1S/C12H19N3O2/c1-17-11-5-6-12(16)15(14-11)8-7-9-3-2-4-10(9)13/h5-6,9-10H,2-4,7-8,13H2,1H3. The second kappa shape index (κ2) is 5.31. The van der Waals surface area contributed by atoms with Crippen molar-refractivity contribution in [3.63, 3.8) is 0 Å². The molecule has 1 aromatic rings. The summed E-state index contributed by atoms with van der Waals surface area (Å²) in [4.78, 5) is 11.6. The van der Waals surface area contributed by atoms with Gasteiger partial charge in [-0.3, -0.25) is 4.79 Å². The predicted molar refractivity (Wildman–Crippen MR) is 65.0 cm³/mol. The van der Waals surface area contributed by atoms with E-state index in [9.17, 15) is 4.79 Å². The maximum Gasteiger partial charge on any atom is 0.266 e. The van der Waals surface area contributed by atoms with E-state index >= 15 is 0 Å². The zero-order valence-corrected chi connectivity index (χ0v) is 10.1. The molecule has 0 bridgehead atoms. The summed E-state index contributed by atoms with van der Waals surface area (Å²) < 4.78 is 6.47. The highest BCUT2D eigenvalue weighted by Crippen LogP contribution is 2.26. The van der Waals surface area contributed by atoms with Crippen LogP contribution in [-0.2, 0) is 6.54 Å². The lowest BCUT2D eigenvalue weighted by Gasteiger charge is -2.15. The van der Waals surface area contributed by atoms with Gasteiger partial charge in [0.25, 0.3) is 5.56 Å². The summed E-state index contributed by atoms with van der Waals surface area (Å²) in [7, 11) is 1.55. The Balaban J connectivity index is 2.00. The second-order valence-corrected chi connectivity index (χ2v) is 4.58. The second-order valence-electron chi connectivity index (χ2n) is 4.58. The van der Waals surface area contributed by atoms with Gasteiger partial charge in [-0.1, -0.05) is 6.42 Å². The van der Waals surface area contributed by atoms with Gasteiger partial charge in [0, 0.05) is 24.7 Å². The highest BCUT2D eigenvalue weighted by Gasteiger charge is 2.23. The lowest BCUT2D eigenvalue weighted by molar-refractivity contribution is 0.356. The summed E-state index contributed by atoms with van der Waals surface area (Å²) in [5.41, 5.74) is 5.92. The van der Waals surface area contributed by atoms with Crippen LogP contribution in [0.1, 0.15) is 25.7 Å². The van der Waals surface area contributed by atoms with E-state index < -0.39 is 0 Å². The molecule has 1 aromatic heterocycles. The molecule has 17 heavy (non-hydrogen) atoms. The normalized spacial score (nSPS) is 23.9. The third-order valence-corrected chi connectivity index (χ3v) is 3.48. The van der Waals surface area contributed by atoms with Gasteiger partial charge < -0.3 is 10.5 Å². The van der Waals surface area contributed by atoms with Gasteiger partial charge in [0.05, 0.1) is 7.11 Å². The smallest absolute Gasteiger partial charge is 0.266 e. The number of methoxy groups -OCH3 is 1. The molecule has 94 valence electrons. The van der Waals surface area contributed by atoms with Crippen molar-refractivity contribution in [3.05, 3.63) is 22.5 Å². The average molecular weight is 237 g/mol. The lowest BCUT2D eigenvalue weighted by Crippen LogP contribution is -2.28. The molecular weight excluding hydrogens is 218 g/mol. The van der Waals surface area contributed by atoms with Gasteiger partial charge in [-0.25, -0.2) is 4.68 Å². The summed E-state index contributed by atoms with van der Waals surface area (Å²) in [6, 6.07) is 3.36. The number of rotatable bonds is 4. The fourth-order valence-corrected chi connectivity index (χ4v) is 2.41. The van der Waals surface area contributed by atoms with Crippen molar-refractivity contribution < 1.29 is 4.74 Å². The van der Waals surface area contributed by atoms with Crippen LogP contribution >= 0.6 is 0 Å².